The molecule has 22 heavy (non-hydrogen) atoms. The number of rotatable bonds is 6. The van der Waals surface area contributed by atoms with Gasteiger partial charge in [-0.1, -0.05) is 30.3 Å². The highest BCUT2D eigenvalue weighted by Gasteiger charge is 2.04. The highest BCUT2D eigenvalue weighted by atomic mass is 16.5. The number of ether oxygens (including phenoxy) is 2. The molecule has 1 N–H and O–H groups in total. The molecule has 0 atom stereocenters. The topological polar surface area (TPSA) is 55.8 Å². The molecule has 4 nitrogen and oxygen atoms in total. The van der Waals surface area contributed by atoms with Crippen LogP contribution in [-0.2, 0) is 16.1 Å². The Morgan fingerprint density at radius 3 is 2.41 bits per heavy atom. The zero-order valence-corrected chi connectivity index (χ0v) is 12.4. The van der Waals surface area contributed by atoms with Gasteiger partial charge in [-0.25, -0.2) is 4.79 Å². The Labute approximate surface area is 129 Å². The van der Waals surface area contributed by atoms with Gasteiger partial charge >= 0.3 is 5.97 Å². The van der Waals surface area contributed by atoms with Crippen LogP contribution in [0.4, 0.5) is 0 Å². The smallest absolute Gasteiger partial charge is 0.334 e. The average Bonchev–Trinajstić information content (AvgIpc) is 2.54. The highest BCUT2D eigenvalue weighted by molar-refractivity contribution is 5.89. The standard InChI is InChI=1S/C18H18O4/c1-2-21-18(20)12-17(19)15-8-10-16(11-9-15)22-13-14-6-4-3-5-7-14/h3-12,19H,2,13H2,1H3/b17-12-. The third kappa shape index (κ3) is 4.66. The number of carbonyl (C=O) groups is 1. The van der Waals surface area contributed by atoms with Crippen molar-refractivity contribution < 1.29 is 19.4 Å². The summed E-state index contributed by atoms with van der Waals surface area (Å²) in [7, 11) is 0. The van der Waals surface area contributed by atoms with Crippen molar-refractivity contribution in [3.8, 4) is 5.75 Å². The molecule has 2 aromatic carbocycles. The first-order valence-electron chi connectivity index (χ1n) is 7.03. The van der Waals surface area contributed by atoms with E-state index in [0.717, 1.165) is 11.6 Å². The lowest BCUT2D eigenvalue weighted by Gasteiger charge is -2.07. The monoisotopic (exact) mass is 298 g/mol. The van der Waals surface area contributed by atoms with E-state index in [4.69, 9.17) is 9.47 Å². The van der Waals surface area contributed by atoms with E-state index in [0.29, 0.717) is 17.9 Å². The minimum atomic E-state index is -0.565. The Hall–Kier alpha value is -2.75. The predicted molar refractivity (Wildman–Crippen MR) is 84.5 cm³/mol. The highest BCUT2D eigenvalue weighted by Crippen LogP contribution is 2.18. The summed E-state index contributed by atoms with van der Waals surface area (Å²) in [6.07, 6.45) is 1.06. The van der Waals surface area contributed by atoms with Crippen molar-refractivity contribution in [1.29, 1.82) is 0 Å². The Morgan fingerprint density at radius 2 is 1.77 bits per heavy atom. The molecule has 0 aliphatic carbocycles. The largest absolute Gasteiger partial charge is 0.507 e. The maximum atomic E-state index is 11.3. The van der Waals surface area contributed by atoms with Crippen LogP contribution in [0.2, 0.25) is 0 Å². The van der Waals surface area contributed by atoms with Crippen LogP contribution in [-0.4, -0.2) is 17.7 Å². The van der Waals surface area contributed by atoms with Crippen molar-refractivity contribution >= 4 is 11.7 Å². The quantitative estimate of drug-likeness (QED) is 0.501. The summed E-state index contributed by atoms with van der Waals surface area (Å²) in [5.41, 5.74) is 1.61. The van der Waals surface area contributed by atoms with E-state index in [1.54, 1.807) is 31.2 Å². The van der Waals surface area contributed by atoms with Gasteiger partial charge in [0.1, 0.15) is 18.1 Å². The second-order valence-corrected chi connectivity index (χ2v) is 4.58. The number of hydrogen-bond acceptors (Lipinski definition) is 4. The molecule has 0 fully saturated rings. The molecule has 0 amide bonds. The Morgan fingerprint density at radius 1 is 1.09 bits per heavy atom. The van der Waals surface area contributed by atoms with E-state index >= 15 is 0 Å². The first kappa shape index (κ1) is 15.6. The van der Waals surface area contributed by atoms with Crippen molar-refractivity contribution in [3.05, 3.63) is 71.8 Å². The van der Waals surface area contributed by atoms with Gasteiger partial charge in [-0.2, -0.15) is 0 Å². The molecule has 2 aromatic rings. The normalized spacial score (nSPS) is 11.0. The van der Waals surface area contributed by atoms with Crippen LogP contribution in [0, 0.1) is 0 Å². The number of aliphatic hydroxyl groups is 1. The minimum Gasteiger partial charge on any atom is -0.507 e. The molecule has 0 unspecified atom stereocenters. The summed E-state index contributed by atoms with van der Waals surface area (Å²) in [5.74, 6) is -0.00555. The van der Waals surface area contributed by atoms with Crippen LogP contribution in [0.15, 0.2) is 60.7 Å². The second kappa shape index (κ2) is 7.88. The lowest BCUT2D eigenvalue weighted by atomic mass is 10.1. The van der Waals surface area contributed by atoms with Crippen LogP contribution >= 0.6 is 0 Å². The van der Waals surface area contributed by atoms with Gasteiger partial charge in [0, 0.05) is 5.56 Å². The number of carbonyl (C=O) groups excluding carboxylic acids is 1. The Balaban J connectivity index is 1.96. The van der Waals surface area contributed by atoms with Crippen molar-refractivity contribution in [2.24, 2.45) is 0 Å². The zero-order valence-electron chi connectivity index (χ0n) is 12.4. The van der Waals surface area contributed by atoms with Crippen molar-refractivity contribution in [2.45, 2.75) is 13.5 Å². The van der Waals surface area contributed by atoms with Crippen molar-refractivity contribution in [2.75, 3.05) is 6.61 Å². The van der Waals surface area contributed by atoms with E-state index in [9.17, 15) is 9.90 Å². The average molecular weight is 298 g/mol. The lowest BCUT2D eigenvalue weighted by Crippen LogP contribution is -2.01. The molecular weight excluding hydrogens is 280 g/mol. The number of aliphatic hydroxyl groups excluding tert-OH is 1. The third-order valence-electron chi connectivity index (χ3n) is 2.94. The lowest BCUT2D eigenvalue weighted by molar-refractivity contribution is -0.137. The molecule has 0 aliphatic rings. The van der Waals surface area contributed by atoms with E-state index in [1.165, 1.54) is 0 Å². The van der Waals surface area contributed by atoms with Crippen LogP contribution < -0.4 is 4.74 Å². The molecule has 0 bridgehead atoms. The zero-order chi connectivity index (χ0) is 15.8. The summed E-state index contributed by atoms with van der Waals surface area (Å²) < 4.78 is 10.4. The van der Waals surface area contributed by atoms with E-state index in [1.807, 2.05) is 30.3 Å². The van der Waals surface area contributed by atoms with Gasteiger partial charge in [0.05, 0.1) is 12.7 Å². The molecule has 0 spiro atoms. The van der Waals surface area contributed by atoms with Gasteiger partial charge < -0.3 is 14.6 Å². The summed E-state index contributed by atoms with van der Waals surface area (Å²) >= 11 is 0. The van der Waals surface area contributed by atoms with Gasteiger partial charge in [0.15, 0.2) is 0 Å². The summed E-state index contributed by atoms with van der Waals surface area (Å²) in [6, 6.07) is 16.7. The third-order valence-corrected chi connectivity index (χ3v) is 2.94. The van der Waals surface area contributed by atoms with Crippen LogP contribution in [0.1, 0.15) is 18.1 Å². The summed E-state index contributed by atoms with van der Waals surface area (Å²) in [5, 5.41) is 9.84. The summed E-state index contributed by atoms with van der Waals surface area (Å²) in [6.45, 7) is 2.46. The number of benzene rings is 2. The minimum absolute atomic E-state index is 0.131. The first-order chi connectivity index (χ1) is 10.7. The summed E-state index contributed by atoms with van der Waals surface area (Å²) in [4.78, 5) is 11.3. The molecule has 4 heteroatoms. The SMILES string of the molecule is CCOC(=O)/C=C(\O)c1ccc(OCc2ccccc2)cc1. The molecule has 0 aliphatic heterocycles. The van der Waals surface area contributed by atoms with Gasteiger partial charge in [-0.05, 0) is 36.8 Å². The van der Waals surface area contributed by atoms with Crippen LogP contribution in [0.25, 0.3) is 5.76 Å². The van der Waals surface area contributed by atoms with E-state index < -0.39 is 5.97 Å². The van der Waals surface area contributed by atoms with E-state index in [2.05, 4.69) is 0 Å². The fourth-order valence-corrected chi connectivity index (χ4v) is 1.84. The predicted octanol–water partition coefficient (Wildman–Crippen LogP) is 3.73. The molecule has 0 aromatic heterocycles. The molecule has 0 saturated heterocycles. The molecule has 114 valence electrons. The second-order valence-electron chi connectivity index (χ2n) is 4.58. The maximum Gasteiger partial charge on any atom is 0.334 e. The fraction of sp³-hybridized carbons (Fsp3) is 0.167. The fourth-order valence-electron chi connectivity index (χ4n) is 1.84. The molecule has 2 rings (SSSR count). The van der Waals surface area contributed by atoms with Crippen molar-refractivity contribution in [3.63, 3.8) is 0 Å². The Kier molecular flexibility index (Phi) is 5.60. The van der Waals surface area contributed by atoms with Gasteiger partial charge in [0.25, 0.3) is 0 Å². The number of hydrogen-bond donors (Lipinski definition) is 1. The van der Waals surface area contributed by atoms with Gasteiger partial charge in [-0.15, -0.1) is 0 Å². The van der Waals surface area contributed by atoms with E-state index in [-0.39, 0.29) is 12.4 Å². The molecule has 0 radical (unpaired) electrons. The van der Waals surface area contributed by atoms with Gasteiger partial charge in [0.2, 0.25) is 0 Å². The molecule has 0 heterocycles. The molecule has 0 saturated carbocycles. The van der Waals surface area contributed by atoms with Gasteiger partial charge in [-0.3, -0.25) is 0 Å². The van der Waals surface area contributed by atoms with Crippen LogP contribution in [0.3, 0.4) is 0 Å². The number of esters is 1. The molecular formula is C18H18O4. The van der Waals surface area contributed by atoms with Crippen LogP contribution in [0.5, 0.6) is 5.75 Å². The first-order valence-corrected chi connectivity index (χ1v) is 7.03. The van der Waals surface area contributed by atoms with Crippen molar-refractivity contribution in [1.82, 2.24) is 0 Å². The Bertz CT molecular complexity index is 630. The maximum absolute atomic E-state index is 11.3.